The average molecular weight is 330 g/mol. The Morgan fingerprint density at radius 2 is 2.00 bits per heavy atom. The lowest BCUT2D eigenvalue weighted by Gasteiger charge is -2.29. The second kappa shape index (κ2) is 7.44. The third-order valence-electron chi connectivity index (χ3n) is 3.88. The van der Waals surface area contributed by atoms with Gasteiger partial charge in [-0.25, -0.2) is 0 Å². The van der Waals surface area contributed by atoms with Crippen molar-refractivity contribution in [3.8, 4) is 0 Å². The van der Waals surface area contributed by atoms with Crippen molar-refractivity contribution in [1.82, 2.24) is 15.1 Å². The van der Waals surface area contributed by atoms with Crippen LogP contribution in [0.2, 0.25) is 0 Å². The Morgan fingerprint density at radius 1 is 1.32 bits per heavy atom. The molecule has 1 heterocycles. The number of rotatable bonds is 8. The monoisotopic (exact) mass is 329 g/mol. The molecule has 1 aromatic heterocycles. The Bertz CT molecular complexity index is 400. The van der Waals surface area contributed by atoms with Crippen LogP contribution in [0.4, 0.5) is 0 Å². The van der Waals surface area contributed by atoms with Crippen LogP contribution in [0.25, 0.3) is 0 Å². The molecule has 3 nitrogen and oxygen atoms in total. The van der Waals surface area contributed by atoms with Gasteiger partial charge in [-0.3, -0.25) is 4.68 Å². The van der Waals surface area contributed by atoms with Crippen LogP contribution in [0.15, 0.2) is 4.47 Å². The van der Waals surface area contributed by atoms with Gasteiger partial charge in [0.1, 0.15) is 0 Å². The van der Waals surface area contributed by atoms with Crippen molar-refractivity contribution in [3.63, 3.8) is 0 Å². The summed E-state index contributed by atoms with van der Waals surface area (Å²) in [6.45, 7) is 14.2. The van der Waals surface area contributed by atoms with Crippen LogP contribution in [-0.2, 0) is 13.0 Å². The summed E-state index contributed by atoms with van der Waals surface area (Å²) >= 11 is 3.70. The summed E-state index contributed by atoms with van der Waals surface area (Å²) in [5, 5.41) is 8.16. The molecule has 1 atom stereocenters. The zero-order valence-corrected chi connectivity index (χ0v) is 14.6. The van der Waals surface area contributed by atoms with Gasteiger partial charge in [-0.05, 0) is 61.0 Å². The highest BCUT2D eigenvalue weighted by molar-refractivity contribution is 9.10. The lowest BCUT2D eigenvalue weighted by molar-refractivity contribution is 0.282. The first-order chi connectivity index (χ1) is 8.97. The number of hydrogen-bond acceptors (Lipinski definition) is 2. The van der Waals surface area contributed by atoms with Gasteiger partial charge in [-0.1, -0.05) is 20.8 Å². The normalized spacial score (nSPS) is 14.6. The van der Waals surface area contributed by atoms with Gasteiger partial charge in [-0.15, -0.1) is 0 Å². The number of hydrogen-bond donors (Lipinski definition) is 1. The molecule has 1 rings (SSSR count). The van der Waals surface area contributed by atoms with Gasteiger partial charge in [-0.2, -0.15) is 5.10 Å². The van der Waals surface area contributed by atoms with E-state index in [4.69, 9.17) is 0 Å². The van der Waals surface area contributed by atoms with E-state index in [1.165, 1.54) is 23.0 Å². The lowest BCUT2D eigenvalue weighted by Crippen LogP contribution is -2.34. The van der Waals surface area contributed by atoms with Crippen molar-refractivity contribution in [2.45, 2.75) is 60.4 Å². The van der Waals surface area contributed by atoms with E-state index >= 15 is 0 Å². The Kier molecular flexibility index (Phi) is 6.54. The molecule has 0 aliphatic heterocycles. The highest BCUT2D eigenvalue weighted by Crippen LogP contribution is 2.31. The smallest absolute Gasteiger partial charge is 0.0738 e. The van der Waals surface area contributed by atoms with Crippen LogP contribution >= 0.6 is 15.9 Å². The maximum absolute atomic E-state index is 4.59. The first-order valence-corrected chi connectivity index (χ1v) is 8.19. The lowest BCUT2D eigenvalue weighted by atomic mass is 9.82. The fourth-order valence-corrected chi connectivity index (χ4v) is 2.75. The van der Waals surface area contributed by atoms with Crippen molar-refractivity contribution in [2.75, 3.05) is 13.1 Å². The molecular weight excluding hydrogens is 302 g/mol. The third-order valence-corrected chi connectivity index (χ3v) is 4.91. The maximum Gasteiger partial charge on any atom is 0.0738 e. The summed E-state index contributed by atoms with van der Waals surface area (Å²) in [4.78, 5) is 0. The maximum atomic E-state index is 4.59. The fraction of sp³-hybridized carbons (Fsp3) is 0.800. The average Bonchev–Trinajstić information content (AvgIpc) is 2.66. The topological polar surface area (TPSA) is 29.9 Å². The first kappa shape index (κ1) is 16.7. The molecule has 0 radical (unpaired) electrons. The quantitative estimate of drug-likeness (QED) is 0.732. The molecule has 0 saturated heterocycles. The molecule has 0 aromatic carbocycles. The minimum atomic E-state index is 0.289. The molecule has 0 saturated carbocycles. The summed E-state index contributed by atoms with van der Waals surface area (Å²) in [5.74, 6) is 0. The summed E-state index contributed by atoms with van der Waals surface area (Å²) in [5.41, 5.74) is 2.72. The predicted octanol–water partition coefficient (Wildman–Crippen LogP) is 3.93. The third kappa shape index (κ3) is 4.32. The van der Waals surface area contributed by atoms with Crippen molar-refractivity contribution in [3.05, 3.63) is 15.9 Å². The molecule has 0 fully saturated rings. The molecule has 1 aromatic rings. The van der Waals surface area contributed by atoms with Crippen LogP contribution in [0.3, 0.4) is 0 Å². The second-order valence-corrected chi connectivity index (χ2v) is 6.47. The fourth-order valence-electron chi connectivity index (χ4n) is 2.32. The summed E-state index contributed by atoms with van der Waals surface area (Å²) in [6, 6.07) is 0. The standard InChI is InChI=1S/C15H28BrN3/c1-6-9-17-11-15(5,7-2)10-13-14(16)12(4)18-19(13)8-3/h17H,6-11H2,1-5H3. The van der Waals surface area contributed by atoms with Gasteiger partial charge >= 0.3 is 0 Å². The van der Waals surface area contributed by atoms with E-state index in [0.717, 1.165) is 31.7 Å². The molecule has 0 bridgehead atoms. The van der Waals surface area contributed by atoms with E-state index in [2.05, 4.69) is 65.6 Å². The molecule has 0 aliphatic carbocycles. The van der Waals surface area contributed by atoms with Gasteiger partial charge in [0.05, 0.1) is 15.9 Å². The highest BCUT2D eigenvalue weighted by Gasteiger charge is 2.26. The van der Waals surface area contributed by atoms with E-state index in [0.29, 0.717) is 0 Å². The molecule has 0 amide bonds. The Labute approximate surface area is 126 Å². The molecule has 0 spiro atoms. The highest BCUT2D eigenvalue weighted by atomic mass is 79.9. The number of aromatic nitrogens is 2. The van der Waals surface area contributed by atoms with Gasteiger partial charge < -0.3 is 5.32 Å². The number of halogens is 1. The molecule has 0 aliphatic rings. The van der Waals surface area contributed by atoms with E-state index in [9.17, 15) is 0 Å². The minimum Gasteiger partial charge on any atom is -0.316 e. The summed E-state index contributed by atoms with van der Waals surface area (Å²) in [7, 11) is 0. The first-order valence-electron chi connectivity index (χ1n) is 7.40. The van der Waals surface area contributed by atoms with Crippen LogP contribution in [-0.4, -0.2) is 22.9 Å². The molecular formula is C15H28BrN3. The Hall–Kier alpha value is -0.350. The number of aryl methyl sites for hydroxylation is 2. The molecule has 4 heteroatoms. The predicted molar refractivity (Wildman–Crippen MR) is 85.6 cm³/mol. The van der Waals surface area contributed by atoms with Crippen molar-refractivity contribution in [2.24, 2.45) is 5.41 Å². The van der Waals surface area contributed by atoms with E-state index in [1.807, 2.05) is 0 Å². The summed E-state index contributed by atoms with van der Waals surface area (Å²) in [6.07, 6.45) is 3.43. The van der Waals surface area contributed by atoms with Crippen molar-refractivity contribution < 1.29 is 0 Å². The molecule has 1 N–H and O–H groups in total. The molecule has 1 unspecified atom stereocenters. The van der Waals surface area contributed by atoms with E-state index < -0.39 is 0 Å². The zero-order valence-electron chi connectivity index (χ0n) is 13.0. The largest absolute Gasteiger partial charge is 0.316 e. The van der Waals surface area contributed by atoms with Crippen molar-refractivity contribution >= 4 is 15.9 Å². The number of nitrogens with zero attached hydrogens (tertiary/aromatic N) is 2. The van der Waals surface area contributed by atoms with Gasteiger partial charge in [0, 0.05) is 13.1 Å². The van der Waals surface area contributed by atoms with Crippen LogP contribution < -0.4 is 5.32 Å². The van der Waals surface area contributed by atoms with Crippen LogP contribution in [0.1, 0.15) is 51.9 Å². The Morgan fingerprint density at radius 3 is 2.53 bits per heavy atom. The molecule has 19 heavy (non-hydrogen) atoms. The minimum absolute atomic E-state index is 0.289. The molecule has 110 valence electrons. The van der Waals surface area contributed by atoms with Crippen molar-refractivity contribution in [1.29, 1.82) is 0 Å². The SMILES string of the molecule is CCCNCC(C)(CC)Cc1c(Br)c(C)nn1CC. The van der Waals surface area contributed by atoms with Gasteiger partial charge in [0.25, 0.3) is 0 Å². The van der Waals surface area contributed by atoms with Gasteiger partial charge in [0.2, 0.25) is 0 Å². The van der Waals surface area contributed by atoms with E-state index in [-0.39, 0.29) is 5.41 Å². The second-order valence-electron chi connectivity index (χ2n) is 5.68. The zero-order chi connectivity index (χ0) is 14.5. The van der Waals surface area contributed by atoms with E-state index in [1.54, 1.807) is 0 Å². The summed E-state index contributed by atoms with van der Waals surface area (Å²) < 4.78 is 3.32. The van der Waals surface area contributed by atoms with Gasteiger partial charge in [0.15, 0.2) is 0 Å². The van der Waals surface area contributed by atoms with Crippen LogP contribution in [0, 0.1) is 12.3 Å². The Balaban J connectivity index is 2.85. The van der Waals surface area contributed by atoms with Crippen LogP contribution in [0.5, 0.6) is 0 Å². The number of nitrogens with one attached hydrogen (secondary N) is 1.